The molecule has 0 spiro atoms. The minimum atomic E-state index is -0.602. The molecule has 1 aromatic heterocycles. The molecule has 2 heterocycles. The molecule has 1 aromatic carbocycles. The lowest BCUT2D eigenvalue weighted by Gasteiger charge is -2.23. The molecule has 2 atom stereocenters. The first-order valence-corrected chi connectivity index (χ1v) is 8.63. The first-order chi connectivity index (χ1) is 11.7. The van der Waals surface area contributed by atoms with Gasteiger partial charge in [0.25, 0.3) is 0 Å². The molecule has 0 amide bonds. The summed E-state index contributed by atoms with van der Waals surface area (Å²) in [5.41, 5.74) is 2.80. The highest BCUT2D eigenvalue weighted by molar-refractivity contribution is 5.76. The zero-order valence-corrected chi connectivity index (χ0v) is 13.7. The summed E-state index contributed by atoms with van der Waals surface area (Å²) in [4.78, 5) is 18.5. The van der Waals surface area contributed by atoms with Crippen LogP contribution < -0.4 is 0 Å². The molecule has 1 aliphatic carbocycles. The summed E-state index contributed by atoms with van der Waals surface area (Å²) in [5.74, 6) is -0.288. The van der Waals surface area contributed by atoms with Crippen LogP contribution in [0.2, 0.25) is 0 Å². The minimum absolute atomic E-state index is 0.314. The first kappa shape index (κ1) is 15.3. The van der Waals surface area contributed by atoms with Crippen molar-refractivity contribution in [3.63, 3.8) is 0 Å². The molecular weight excluding hydrogens is 300 g/mol. The van der Waals surface area contributed by atoms with Gasteiger partial charge in [0, 0.05) is 31.4 Å². The largest absolute Gasteiger partial charge is 0.481 e. The van der Waals surface area contributed by atoms with E-state index in [1.165, 1.54) is 5.56 Å². The van der Waals surface area contributed by atoms with Gasteiger partial charge in [0.15, 0.2) is 0 Å². The van der Waals surface area contributed by atoms with Crippen molar-refractivity contribution in [3.8, 4) is 11.3 Å². The number of fused-ring (bicyclic) bond motifs is 1. The van der Waals surface area contributed by atoms with Crippen molar-refractivity contribution in [1.29, 1.82) is 0 Å². The van der Waals surface area contributed by atoms with E-state index in [0.29, 0.717) is 12.5 Å². The van der Waals surface area contributed by atoms with E-state index in [4.69, 9.17) is 0 Å². The molecule has 1 N–H and O–H groups in total. The molecule has 4 rings (SSSR count). The summed E-state index contributed by atoms with van der Waals surface area (Å²) in [6.07, 6.45) is 4.74. The Kier molecular flexibility index (Phi) is 3.85. The number of benzene rings is 1. The standard InChI is InChI=1S/C20H22N2O2/c23-19(24)20-9-4-7-17(20)13-22(14-20)12-15-5-3-6-16(11-15)18-8-1-2-10-21-18/h1-3,5-6,8,10-11,17H,4,7,9,12-14H2,(H,23,24)/t17-,20+/m0/s1. The molecule has 2 fully saturated rings. The fraction of sp³-hybridized carbons (Fsp3) is 0.400. The zero-order valence-electron chi connectivity index (χ0n) is 13.7. The van der Waals surface area contributed by atoms with Crippen molar-refractivity contribution >= 4 is 5.97 Å². The van der Waals surface area contributed by atoms with Gasteiger partial charge >= 0.3 is 5.97 Å². The third-order valence-electron chi connectivity index (χ3n) is 5.66. The molecule has 4 nitrogen and oxygen atoms in total. The number of carboxylic acids is 1. The van der Waals surface area contributed by atoms with E-state index >= 15 is 0 Å². The molecule has 24 heavy (non-hydrogen) atoms. The van der Waals surface area contributed by atoms with Gasteiger partial charge in [-0.2, -0.15) is 0 Å². The fourth-order valence-electron chi connectivity index (χ4n) is 4.48. The number of carboxylic acid groups (broad SMARTS) is 1. The Morgan fingerprint density at radius 3 is 2.96 bits per heavy atom. The lowest BCUT2D eigenvalue weighted by Crippen LogP contribution is -2.35. The van der Waals surface area contributed by atoms with E-state index < -0.39 is 11.4 Å². The van der Waals surface area contributed by atoms with Crippen LogP contribution in [0.3, 0.4) is 0 Å². The third-order valence-corrected chi connectivity index (χ3v) is 5.66. The van der Waals surface area contributed by atoms with Crippen LogP contribution in [-0.2, 0) is 11.3 Å². The van der Waals surface area contributed by atoms with E-state index in [1.54, 1.807) is 6.20 Å². The summed E-state index contributed by atoms with van der Waals surface area (Å²) < 4.78 is 0. The van der Waals surface area contributed by atoms with Crippen molar-refractivity contribution < 1.29 is 9.90 Å². The minimum Gasteiger partial charge on any atom is -0.481 e. The normalized spacial score (nSPS) is 26.4. The predicted molar refractivity (Wildman–Crippen MR) is 92.4 cm³/mol. The maximum atomic E-state index is 11.8. The van der Waals surface area contributed by atoms with E-state index in [1.807, 2.05) is 18.2 Å². The molecule has 0 unspecified atom stereocenters. The highest BCUT2D eigenvalue weighted by Crippen LogP contribution is 2.49. The summed E-state index contributed by atoms with van der Waals surface area (Å²) in [6, 6.07) is 14.3. The average molecular weight is 322 g/mol. The van der Waals surface area contributed by atoms with Gasteiger partial charge in [-0.05, 0) is 42.5 Å². The molecule has 0 radical (unpaired) electrons. The monoisotopic (exact) mass is 322 g/mol. The van der Waals surface area contributed by atoms with Crippen LogP contribution in [0.4, 0.5) is 0 Å². The van der Waals surface area contributed by atoms with Crippen LogP contribution >= 0.6 is 0 Å². The molecule has 4 heteroatoms. The molecule has 1 aliphatic heterocycles. The van der Waals surface area contributed by atoms with Crippen LogP contribution in [-0.4, -0.2) is 34.0 Å². The quantitative estimate of drug-likeness (QED) is 0.937. The van der Waals surface area contributed by atoms with Gasteiger partial charge in [-0.15, -0.1) is 0 Å². The number of hydrogen-bond donors (Lipinski definition) is 1. The molecule has 124 valence electrons. The van der Waals surface area contributed by atoms with Crippen molar-refractivity contribution in [2.24, 2.45) is 11.3 Å². The Hall–Kier alpha value is -2.20. The predicted octanol–water partition coefficient (Wildman–Crippen LogP) is 3.44. The number of likely N-dealkylation sites (tertiary alicyclic amines) is 1. The van der Waals surface area contributed by atoms with Crippen molar-refractivity contribution in [2.75, 3.05) is 13.1 Å². The SMILES string of the molecule is O=C(O)[C@@]12CCC[C@H]1CN(Cc1cccc(-c3ccccn3)c1)C2. The van der Waals surface area contributed by atoms with Crippen LogP contribution in [0.15, 0.2) is 48.7 Å². The highest BCUT2D eigenvalue weighted by atomic mass is 16.4. The number of carbonyl (C=O) groups is 1. The second-order valence-electron chi connectivity index (χ2n) is 7.14. The topological polar surface area (TPSA) is 53.4 Å². The fourth-order valence-corrected chi connectivity index (χ4v) is 4.48. The number of aromatic nitrogens is 1. The number of aliphatic carboxylic acids is 1. The van der Waals surface area contributed by atoms with Gasteiger partial charge in [0.05, 0.1) is 11.1 Å². The number of pyridine rings is 1. The summed E-state index contributed by atoms with van der Waals surface area (Å²) >= 11 is 0. The molecule has 1 saturated carbocycles. The van der Waals surface area contributed by atoms with Crippen molar-refractivity contribution in [3.05, 3.63) is 54.2 Å². The van der Waals surface area contributed by atoms with Gasteiger partial charge in [-0.1, -0.05) is 30.7 Å². The summed E-state index contributed by atoms with van der Waals surface area (Å²) in [6.45, 7) is 2.40. The lowest BCUT2D eigenvalue weighted by molar-refractivity contribution is -0.149. The van der Waals surface area contributed by atoms with Gasteiger partial charge in [-0.25, -0.2) is 0 Å². The van der Waals surface area contributed by atoms with Crippen molar-refractivity contribution in [1.82, 2.24) is 9.88 Å². The number of hydrogen-bond acceptors (Lipinski definition) is 3. The summed E-state index contributed by atoms with van der Waals surface area (Å²) in [7, 11) is 0. The van der Waals surface area contributed by atoms with Gasteiger partial charge in [0.2, 0.25) is 0 Å². The maximum Gasteiger partial charge on any atom is 0.311 e. The number of rotatable bonds is 4. The Bertz CT molecular complexity index is 746. The molecule has 0 bridgehead atoms. The van der Waals surface area contributed by atoms with E-state index in [0.717, 1.165) is 43.6 Å². The molecule has 1 saturated heterocycles. The Labute approximate surface area is 142 Å². The molecule has 2 aromatic rings. The lowest BCUT2D eigenvalue weighted by atomic mass is 9.81. The van der Waals surface area contributed by atoms with E-state index in [9.17, 15) is 9.90 Å². The van der Waals surface area contributed by atoms with Crippen LogP contribution in [0.5, 0.6) is 0 Å². The third kappa shape index (κ3) is 2.61. The second kappa shape index (κ2) is 6.02. The van der Waals surface area contributed by atoms with E-state index in [-0.39, 0.29) is 0 Å². The van der Waals surface area contributed by atoms with Crippen LogP contribution in [0, 0.1) is 11.3 Å². The maximum absolute atomic E-state index is 11.8. The Balaban J connectivity index is 1.52. The van der Waals surface area contributed by atoms with Crippen molar-refractivity contribution in [2.45, 2.75) is 25.8 Å². The van der Waals surface area contributed by atoms with Gasteiger partial charge in [0.1, 0.15) is 0 Å². The average Bonchev–Trinajstić information content (AvgIpc) is 3.14. The van der Waals surface area contributed by atoms with E-state index in [2.05, 4.69) is 34.1 Å². The Morgan fingerprint density at radius 1 is 1.29 bits per heavy atom. The van der Waals surface area contributed by atoms with Gasteiger partial charge in [-0.3, -0.25) is 14.7 Å². The first-order valence-electron chi connectivity index (χ1n) is 8.63. The smallest absolute Gasteiger partial charge is 0.311 e. The second-order valence-corrected chi connectivity index (χ2v) is 7.14. The highest BCUT2D eigenvalue weighted by Gasteiger charge is 2.54. The van der Waals surface area contributed by atoms with Crippen LogP contribution in [0.25, 0.3) is 11.3 Å². The molecular formula is C20H22N2O2. The van der Waals surface area contributed by atoms with Gasteiger partial charge < -0.3 is 5.11 Å². The molecule has 2 aliphatic rings. The van der Waals surface area contributed by atoms with Crippen LogP contribution in [0.1, 0.15) is 24.8 Å². The zero-order chi connectivity index (χ0) is 16.6. The number of nitrogens with zero attached hydrogens (tertiary/aromatic N) is 2. The summed E-state index contributed by atoms with van der Waals surface area (Å²) in [5, 5.41) is 9.72. The Morgan fingerprint density at radius 2 is 2.21 bits per heavy atom.